The van der Waals surface area contributed by atoms with E-state index in [9.17, 15) is 9.59 Å². The molecule has 0 spiro atoms. The first-order valence-electron chi connectivity index (χ1n) is 13.4. The lowest BCUT2D eigenvalue weighted by atomic mass is 9.96. The van der Waals surface area contributed by atoms with Crippen LogP contribution >= 0.6 is 38.9 Å². The van der Waals surface area contributed by atoms with Crippen molar-refractivity contribution in [2.75, 3.05) is 13.2 Å². The lowest BCUT2D eigenvalue weighted by Crippen LogP contribution is -2.39. The van der Waals surface area contributed by atoms with Crippen molar-refractivity contribution < 1.29 is 19.0 Å². The molecule has 10 heteroatoms. The zero-order valence-electron chi connectivity index (χ0n) is 23.2. The molecule has 2 heterocycles. The molecule has 0 N–H and O–H groups in total. The quantitative estimate of drug-likeness (QED) is 0.199. The molecule has 3 aromatic carbocycles. The third kappa shape index (κ3) is 6.38. The van der Waals surface area contributed by atoms with E-state index in [0.29, 0.717) is 50.3 Å². The summed E-state index contributed by atoms with van der Waals surface area (Å²) < 4.78 is 20.2. The minimum Gasteiger partial charge on any atom is -0.490 e. The number of nitrogens with zero attached hydrogens (tertiary/aromatic N) is 2. The topological polar surface area (TPSA) is 79.1 Å². The third-order valence-electron chi connectivity index (χ3n) is 6.58. The van der Waals surface area contributed by atoms with E-state index >= 15 is 0 Å². The maximum Gasteiger partial charge on any atom is 0.338 e. The Morgan fingerprint density at radius 3 is 2.45 bits per heavy atom. The molecule has 0 fully saturated rings. The van der Waals surface area contributed by atoms with Crippen LogP contribution in [0.5, 0.6) is 11.5 Å². The molecule has 7 nitrogen and oxygen atoms in total. The Hall–Kier alpha value is -3.66. The highest BCUT2D eigenvalue weighted by Crippen LogP contribution is 2.32. The Morgan fingerprint density at radius 1 is 1.02 bits per heavy atom. The van der Waals surface area contributed by atoms with E-state index in [-0.39, 0.29) is 12.2 Å². The van der Waals surface area contributed by atoms with Crippen molar-refractivity contribution in [1.29, 1.82) is 0 Å². The molecule has 0 saturated heterocycles. The van der Waals surface area contributed by atoms with Gasteiger partial charge in [0.15, 0.2) is 16.3 Å². The fourth-order valence-corrected chi connectivity index (χ4v) is 6.08. The van der Waals surface area contributed by atoms with Gasteiger partial charge in [-0.15, -0.1) is 0 Å². The first-order valence-corrected chi connectivity index (χ1v) is 15.4. The summed E-state index contributed by atoms with van der Waals surface area (Å²) in [6.45, 7) is 6.45. The smallest absolute Gasteiger partial charge is 0.338 e. The number of fused-ring (bicyclic) bond motifs is 1. The molecule has 0 radical (unpaired) electrons. The van der Waals surface area contributed by atoms with Gasteiger partial charge < -0.3 is 14.2 Å². The predicted molar refractivity (Wildman–Crippen MR) is 168 cm³/mol. The lowest BCUT2D eigenvalue weighted by molar-refractivity contribution is -0.139. The molecular weight excluding hydrogens is 640 g/mol. The molecule has 0 saturated carbocycles. The van der Waals surface area contributed by atoms with Gasteiger partial charge in [-0.25, -0.2) is 9.79 Å². The van der Waals surface area contributed by atoms with E-state index in [2.05, 4.69) is 20.9 Å². The van der Waals surface area contributed by atoms with Crippen molar-refractivity contribution in [2.45, 2.75) is 33.4 Å². The van der Waals surface area contributed by atoms with Gasteiger partial charge in [0.1, 0.15) is 6.61 Å². The molecular formula is C32H28BrClN2O5S. The van der Waals surface area contributed by atoms with Gasteiger partial charge in [0.2, 0.25) is 0 Å². The zero-order chi connectivity index (χ0) is 29.8. The Balaban J connectivity index is 1.54. The highest BCUT2D eigenvalue weighted by Gasteiger charge is 2.33. The fraction of sp³-hybridized carbons (Fsp3) is 0.219. The van der Waals surface area contributed by atoms with E-state index < -0.39 is 12.0 Å². The molecule has 42 heavy (non-hydrogen) atoms. The van der Waals surface area contributed by atoms with Crippen molar-refractivity contribution in [3.05, 3.63) is 124 Å². The summed E-state index contributed by atoms with van der Waals surface area (Å²) in [5.74, 6) is 0.674. The second-order valence-electron chi connectivity index (χ2n) is 9.41. The van der Waals surface area contributed by atoms with E-state index in [1.165, 1.54) is 11.3 Å². The van der Waals surface area contributed by atoms with Crippen LogP contribution in [0.1, 0.15) is 43.5 Å². The molecule has 216 valence electrons. The van der Waals surface area contributed by atoms with Crippen LogP contribution in [-0.2, 0) is 16.1 Å². The maximum atomic E-state index is 13.9. The van der Waals surface area contributed by atoms with Crippen molar-refractivity contribution in [2.24, 2.45) is 4.99 Å². The van der Waals surface area contributed by atoms with Crippen LogP contribution in [0.15, 0.2) is 92.3 Å². The van der Waals surface area contributed by atoms with Crippen LogP contribution < -0.4 is 24.4 Å². The van der Waals surface area contributed by atoms with Gasteiger partial charge >= 0.3 is 5.97 Å². The summed E-state index contributed by atoms with van der Waals surface area (Å²) in [6, 6.07) is 19.9. The van der Waals surface area contributed by atoms with Crippen molar-refractivity contribution in [1.82, 2.24) is 4.57 Å². The van der Waals surface area contributed by atoms with Gasteiger partial charge in [0.05, 0.1) is 35.1 Å². The number of hydrogen-bond donors (Lipinski definition) is 0. The molecule has 0 aliphatic carbocycles. The van der Waals surface area contributed by atoms with Gasteiger partial charge in [-0.3, -0.25) is 9.36 Å². The largest absolute Gasteiger partial charge is 0.490 e. The summed E-state index contributed by atoms with van der Waals surface area (Å²) in [5, 5.41) is 0.666. The Morgan fingerprint density at radius 2 is 1.76 bits per heavy atom. The van der Waals surface area contributed by atoms with Crippen molar-refractivity contribution in [3.8, 4) is 11.5 Å². The number of aromatic nitrogens is 1. The Kier molecular flexibility index (Phi) is 9.30. The standard InChI is InChI=1S/C32H28BrClN2O5S/c1-4-39-26-16-21(8-15-25(26)41-18-20-6-13-24(34)14-7-20)17-27-30(37)36-29(22-9-11-23(33)12-10-22)28(31(38)40-5-2)19(3)35-32(36)42-27/h6-17,29H,4-5,18H2,1-3H3/b27-17-/t29-/m0/s1. The number of benzene rings is 3. The van der Waals surface area contributed by atoms with E-state index in [1.807, 2.05) is 73.7 Å². The average molecular weight is 668 g/mol. The summed E-state index contributed by atoms with van der Waals surface area (Å²) >= 11 is 10.7. The summed E-state index contributed by atoms with van der Waals surface area (Å²) in [5.41, 5.74) is 3.15. The minimum absolute atomic E-state index is 0.217. The highest BCUT2D eigenvalue weighted by molar-refractivity contribution is 9.10. The number of carbonyl (C=O) groups is 1. The summed E-state index contributed by atoms with van der Waals surface area (Å²) in [6.07, 6.45) is 1.80. The Bertz CT molecular complexity index is 1830. The maximum absolute atomic E-state index is 13.9. The van der Waals surface area contributed by atoms with Crippen LogP contribution in [0.4, 0.5) is 0 Å². The number of rotatable bonds is 9. The molecule has 1 aromatic heterocycles. The number of esters is 1. The van der Waals surface area contributed by atoms with E-state index in [1.54, 1.807) is 24.5 Å². The van der Waals surface area contributed by atoms with E-state index in [0.717, 1.165) is 21.2 Å². The van der Waals surface area contributed by atoms with Gasteiger partial charge in [0.25, 0.3) is 5.56 Å². The second-order valence-corrected chi connectivity index (χ2v) is 11.8. The van der Waals surface area contributed by atoms with Gasteiger partial charge in [0, 0.05) is 9.50 Å². The predicted octanol–water partition coefficient (Wildman–Crippen LogP) is 6.19. The number of allylic oxidation sites excluding steroid dienone is 1. The molecule has 1 atom stereocenters. The number of carbonyl (C=O) groups excluding carboxylic acids is 1. The van der Waals surface area contributed by atoms with Crippen LogP contribution in [0, 0.1) is 0 Å². The Labute approximate surface area is 260 Å². The number of thiazole rings is 1. The number of hydrogen-bond acceptors (Lipinski definition) is 7. The average Bonchev–Trinajstić information content (AvgIpc) is 3.27. The fourth-order valence-electron chi connectivity index (χ4n) is 4.65. The monoisotopic (exact) mass is 666 g/mol. The van der Waals surface area contributed by atoms with Crippen molar-refractivity contribution in [3.63, 3.8) is 0 Å². The molecule has 1 aliphatic rings. The summed E-state index contributed by atoms with van der Waals surface area (Å²) in [4.78, 5) is 32.1. The number of ether oxygens (including phenoxy) is 3. The molecule has 4 aromatic rings. The van der Waals surface area contributed by atoms with Crippen molar-refractivity contribution >= 4 is 50.9 Å². The molecule has 0 amide bonds. The van der Waals surface area contributed by atoms with Gasteiger partial charge in [-0.1, -0.05) is 69.2 Å². The normalized spacial score (nSPS) is 14.8. The van der Waals surface area contributed by atoms with Crippen LogP contribution in [-0.4, -0.2) is 23.8 Å². The van der Waals surface area contributed by atoms with Gasteiger partial charge in [-0.2, -0.15) is 0 Å². The third-order valence-corrected chi connectivity index (χ3v) is 8.34. The zero-order valence-corrected chi connectivity index (χ0v) is 26.4. The van der Waals surface area contributed by atoms with E-state index in [4.69, 9.17) is 25.8 Å². The highest BCUT2D eigenvalue weighted by atomic mass is 79.9. The lowest BCUT2D eigenvalue weighted by Gasteiger charge is -2.24. The molecule has 0 unspecified atom stereocenters. The first kappa shape index (κ1) is 29.8. The molecule has 1 aliphatic heterocycles. The van der Waals surface area contributed by atoms with Crippen LogP contribution in [0.2, 0.25) is 5.02 Å². The molecule has 5 rings (SSSR count). The van der Waals surface area contributed by atoms with Crippen LogP contribution in [0.3, 0.4) is 0 Å². The molecule has 0 bridgehead atoms. The van der Waals surface area contributed by atoms with Gasteiger partial charge in [-0.05, 0) is 79.9 Å². The van der Waals surface area contributed by atoms with Crippen LogP contribution in [0.25, 0.3) is 6.08 Å². The summed E-state index contributed by atoms with van der Waals surface area (Å²) in [7, 11) is 0. The second kappa shape index (κ2) is 13.1. The first-order chi connectivity index (χ1) is 20.3. The SMILES string of the molecule is CCOC(=O)C1=C(C)N=c2s/c(=C\c3ccc(OCc4ccc(Cl)cc4)c(OCC)c3)c(=O)n2[C@H]1c1ccc(Br)cc1. The minimum atomic E-state index is -0.668. The number of halogens is 2.